The van der Waals surface area contributed by atoms with Gasteiger partial charge in [-0.05, 0) is 29.2 Å². The molecule has 2 amide bonds. The molecule has 3 aromatic rings. The fourth-order valence-electron chi connectivity index (χ4n) is 2.80. The van der Waals surface area contributed by atoms with Gasteiger partial charge in [0, 0.05) is 28.2 Å². The first kappa shape index (κ1) is 19.4. The molecule has 6 heteroatoms. The third-order valence-electron chi connectivity index (χ3n) is 4.44. The number of para-hydroxylation sites is 1. The van der Waals surface area contributed by atoms with Gasteiger partial charge in [0.15, 0.2) is 0 Å². The van der Waals surface area contributed by atoms with E-state index in [2.05, 4.69) is 41.6 Å². The summed E-state index contributed by atoms with van der Waals surface area (Å²) in [6.45, 7) is 6.20. The molecule has 3 N–H and O–H groups in total. The highest BCUT2D eigenvalue weighted by molar-refractivity contribution is 5.99. The lowest BCUT2D eigenvalue weighted by atomic mass is 9.87. The van der Waals surface area contributed by atoms with E-state index in [-0.39, 0.29) is 17.9 Å². The van der Waals surface area contributed by atoms with E-state index in [4.69, 9.17) is 0 Å². The van der Waals surface area contributed by atoms with E-state index >= 15 is 0 Å². The van der Waals surface area contributed by atoms with Gasteiger partial charge < -0.3 is 10.3 Å². The van der Waals surface area contributed by atoms with Gasteiger partial charge in [0.2, 0.25) is 0 Å². The minimum atomic E-state index is -0.393. The Balaban J connectivity index is 1.50. The highest BCUT2D eigenvalue weighted by Crippen LogP contribution is 2.22. The van der Waals surface area contributed by atoms with Crippen LogP contribution in [0.3, 0.4) is 0 Å². The van der Waals surface area contributed by atoms with Crippen molar-refractivity contribution in [2.45, 2.75) is 26.2 Å². The Morgan fingerprint density at radius 2 is 1.79 bits per heavy atom. The molecule has 0 aliphatic carbocycles. The third-order valence-corrected chi connectivity index (χ3v) is 4.44. The van der Waals surface area contributed by atoms with E-state index in [9.17, 15) is 9.59 Å². The SMILES string of the molecule is CC(C)(C)c1ccc(C(=O)NCC(=O)N/N=C/c2c[nH]c3ccccc23)cc1. The lowest BCUT2D eigenvalue weighted by Crippen LogP contribution is -2.34. The van der Waals surface area contributed by atoms with Crippen molar-refractivity contribution in [1.82, 2.24) is 15.7 Å². The number of fused-ring (bicyclic) bond motifs is 1. The second-order valence-electron chi connectivity index (χ2n) is 7.59. The Kier molecular flexibility index (Phi) is 5.59. The molecule has 144 valence electrons. The second-order valence-corrected chi connectivity index (χ2v) is 7.59. The van der Waals surface area contributed by atoms with Crippen molar-refractivity contribution in [2.24, 2.45) is 5.10 Å². The summed E-state index contributed by atoms with van der Waals surface area (Å²) in [5, 5.41) is 7.58. The molecule has 1 heterocycles. The van der Waals surface area contributed by atoms with Crippen molar-refractivity contribution in [3.8, 4) is 0 Å². The number of hydrogen-bond acceptors (Lipinski definition) is 3. The van der Waals surface area contributed by atoms with Crippen molar-refractivity contribution in [2.75, 3.05) is 6.54 Å². The second kappa shape index (κ2) is 8.08. The number of nitrogens with one attached hydrogen (secondary N) is 3. The smallest absolute Gasteiger partial charge is 0.259 e. The number of carbonyl (C=O) groups excluding carboxylic acids is 2. The number of H-pyrrole nitrogens is 1. The predicted octanol–water partition coefficient (Wildman–Crippen LogP) is 3.35. The lowest BCUT2D eigenvalue weighted by Gasteiger charge is -2.19. The topological polar surface area (TPSA) is 86.3 Å². The van der Waals surface area contributed by atoms with Gasteiger partial charge in [0.05, 0.1) is 12.8 Å². The number of hydrazone groups is 1. The number of aromatic nitrogens is 1. The summed E-state index contributed by atoms with van der Waals surface area (Å²) in [5.74, 6) is -0.688. The average Bonchev–Trinajstić information content (AvgIpc) is 3.09. The van der Waals surface area contributed by atoms with Gasteiger partial charge in [-0.3, -0.25) is 9.59 Å². The van der Waals surface area contributed by atoms with Crippen molar-refractivity contribution < 1.29 is 9.59 Å². The minimum absolute atomic E-state index is 0.0255. The molecule has 0 saturated heterocycles. The number of rotatable bonds is 5. The minimum Gasteiger partial charge on any atom is -0.361 e. The Hall–Kier alpha value is -3.41. The zero-order chi connectivity index (χ0) is 20.1. The average molecular weight is 376 g/mol. The monoisotopic (exact) mass is 376 g/mol. The maximum Gasteiger partial charge on any atom is 0.259 e. The fourth-order valence-corrected chi connectivity index (χ4v) is 2.80. The molecule has 0 bridgehead atoms. The molecule has 0 radical (unpaired) electrons. The van der Waals surface area contributed by atoms with E-state index in [1.54, 1.807) is 18.3 Å². The van der Waals surface area contributed by atoms with Crippen LogP contribution in [-0.4, -0.2) is 29.6 Å². The molecule has 1 aromatic heterocycles. The van der Waals surface area contributed by atoms with Gasteiger partial charge in [0.1, 0.15) is 0 Å². The maximum atomic E-state index is 12.2. The van der Waals surface area contributed by atoms with Crippen molar-refractivity contribution in [3.05, 3.63) is 71.4 Å². The molecule has 28 heavy (non-hydrogen) atoms. The van der Waals surface area contributed by atoms with Gasteiger partial charge >= 0.3 is 0 Å². The largest absolute Gasteiger partial charge is 0.361 e. The lowest BCUT2D eigenvalue weighted by molar-refractivity contribution is -0.120. The molecule has 0 aliphatic rings. The molecule has 0 fully saturated rings. The first-order valence-corrected chi connectivity index (χ1v) is 9.11. The molecular weight excluding hydrogens is 352 g/mol. The molecule has 0 saturated carbocycles. The van der Waals surface area contributed by atoms with E-state index in [1.165, 1.54) is 0 Å². The molecular formula is C22H24N4O2. The van der Waals surface area contributed by atoms with E-state index in [0.29, 0.717) is 5.56 Å². The Bertz CT molecular complexity index is 1010. The van der Waals surface area contributed by atoms with Gasteiger partial charge in [0.25, 0.3) is 11.8 Å². The molecule has 0 aliphatic heterocycles. The van der Waals surface area contributed by atoms with Crippen molar-refractivity contribution in [3.63, 3.8) is 0 Å². The van der Waals surface area contributed by atoms with Crippen LogP contribution in [0.25, 0.3) is 10.9 Å². The summed E-state index contributed by atoms with van der Waals surface area (Å²) in [5.41, 5.74) is 5.99. The number of benzene rings is 2. The number of aromatic amines is 1. The molecule has 0 unspecified atom stereocenters. The van der Waals surface area contributed by atoms with Crippen LogP contribution in [0, 0.1) is 0 Å². The first-order chi connectivity index (χ1) is 13.3. The van der Waals surface area contributed by atoms with Crippen molar-refractivity contribution >= 4 is 28.9 Å². The third kappa shape index (κ3) is 4.65. The van der Waals surface area contributed by atoms with Crippen LogP contribution < -0.4 is 10.7 Å². The predicted molar refractivity (Wildman–Crippen MR) is 112 cm³/mol. The highest BCUT2D eigenvalue weighted by Gasteiger charge is 2.14. The fraction of sp³-hybridized carbons (Fsp3) is 0.227. The first-order valence-electron chi connectivity index (χ1n) is 9.11. The van der Waals surface area contributed by atoms with Crippen molar-refractivity contribution in [1.29, 1.82) is 0 Å². The Labute approximate surface area is 164 Å². The summed E-state index contributed by atoms with van der Waals surface area (Å²) < 4.78 is 0. The van der Waals surface area contributed by atoms with Crippen LogP contribution in [0.5, 0.6) is 0 Å². The van der Waals surface area contributed by atoms with Crippen LogP contribution in [0.4, 0.5) is 0 Å². The van der Waals surface area contributed by atoms with Crippen LogP contribution in [0.1, 0.15) is 42.3 Å². The van der Waals surface area contributed by atoms with Crippen LogP contribution in [0.15, 0.2) is 59.8 Å². The van der Waals surface area contributed by atoms with Gasteiger partial charge in [-0.2, -0.15) is 5.10 Å². The number of carbonyl (C=O) groups is 2. The maximum absolute atomic E-state index is 12.2. The summed E-state index contributed by atoms with van der Waals surface area (Å²) in [7, 11) is 0. The summed E-state index contributed by atoms with van der Waals surface area (Å²) in [6.07, 6.45) is 3.40. The van der Waals surface area contributed by atoms with Crippen LogP contribution >= 0.6 is 0 Å². The molecule has 3 rings (SSSR count). The Morgan fingerprint density at radius 3 is 2.50 bits per heavy atom. The van der Waals surface area contributed by atoms with E-state index in [1.807, 2.05) is 42.6 Å². The van der Waals surface area contributed by atoms with Gasteiger partial charge in [-0.25, -0.2) is 5.43 Å². The molecule has 0 atom stereocenters. The molecule has 2 aromatic carbocycles. The summed E-state index contributed by atoms with van der Waals surface area (Å²) in [6, 6.07) is 15.2. The zero-order valence-corrected chi connectivity index (χ0v) is 16.2. The Morgan fingerprint density at radius 1 is 1.07 bits per heavy atom. The van der Waals surface area contributed by atoms with Gasteiger partial charge in [-0.1, -0.05) is 51.1 Å². The number of amides is 2. The summed E-state index contributed by atoms with van der Waals surface area (Å²) >= 11 is 0. The number of nitrogens with zero attached hydrogens (tertiary/aromatic N) is 1. The van der Waals surface area contributed by atoms with Gasteiger partial charge in [-0.15, -0.1) is 0 Å². The number of hydrogen-bond donors (Lipinski definition) is 3. The van der Waals surface area contributed by atoms with E-state index in [0.717, 1.165) is 22.0 Å². The quantitative estimate of drug-likeness (QED) is 0.471. The highest BCUT2D eigenvalue weighted by atomic mass is 16.2. The summed E-state index contributed by atoms with van der Waals surface area (Å²) in [4.78, 5) is 27.2. The normalized spacial score (nSPS) is 11.7. The van der Waals surface area contributed by atoms with E-state index < -0.39 is 5.91 Å². The standard InChI is InChI=1S/C22H24N4O2/c1-22(2,3)17-10-8-15(9-11-17)21(28)24-14-20(27)26-25-13-16-12-23-19-7-5-4-6-18(16)19/h4-13,23H,14H2,1-3H3,(H,24,28)(H,26,27)/b25-13+. The molecule has 0 spiro atoms. The molecule has 6 nitrogen and oxygen atoms in total. The van der Waals surface area contributed by atoms with Crippen LogP contribution in [-0.2, 0) is 10.2 Å². The van der Waals surface area contributed by atoms with Crippen LogP contribution in [0.2, 0.25) is 0 Å². The zero-order valence-electron chi connectivity index (χ0n) is 16.2.